The zero-order chi connectivity index (χ0) is 18.7. The summed E-state index contributed by atoms with van der Waals surface area (Å²) >= 11 is 0.680. The summed E-state index contributed by atoms with van der Waals surface area (Å²) in [6.45, 7) is 0. The van der Waals surface area contributed by atoms with Gasteiger partial charge in [-0.05, 0) is 11.1 Å². The van der Waals surface area contributed by atoms with E-state index >= 15 is 0 Å². The van der Waals surface area contributed by atoms with Crippen molar-refractivity contribution in [2.24, 2.45) is 0 Å². The van der Waals surface area contributed by atoms with E-state index in [1.807, 2.05) is 0 Å². The largest absolute Gasteiger partial charge is 0.380 e. The van der Waals surface area contributed by atoms with Crippen LogP contribution in [0.3, 0.4) is 0 Å². The van der Waals surface area contributed by atoms with Gasteiger partial charge in [0, 0.05) is 9.75 Å². The summed E-state index contributed by atoms with van der Waals surface area (Å²) in [6.07, 6.45) is 0. The molecule has 26 heavy (non-hydrogen) atoms. The molecule has 0 saturated heterocycles. The zero-order valence-electron chi connectivity index (χ0n) is 12.9. The van der Waals surface area contributed by atoms with Crippen LogP contribution in [-0.2, 0) is 11.8 Å². The van der Waals surface area contributed by atoms with Crippen LogP contribution in [0.1, 0.15) is 11.1 Å². The minimum Gasteiger partial charge on any atom is -0.194 e. The van der Waals surface area contributed by atoms with Crippen molar-refractivity contribution in [1.29, 1.82) is 0 Å². The Morgan fingerprint density at radius 3 is 1.23 bits per heavy atom. The molecule has 1 aliphatic rings. The van der Waals surface area contributed by atoms with Crippen LogP contribution in [0.25, 0.3) is 20.9 Å². The van der Waals surface area contributed by atoms with Gasteiger partial charge in [0.2, 0.25) is 0 Å². The van der Waals surface area contributed by atoms with Gasteiger partial charge in [-0.1, -0.05) is 60.7 Å². The van der Waals surface area contributed by atoms with Crippen LogP contribution in [0.4, 0.5) is 26.3 Å². The molecular weight excluding hydrogens is 374 g/mol. The number of benzene rings is 2. The molecule has 0 fully saturated rings. The summed E-state index contributed by atoms with van der Waals surface area (Å²) in [7, 11) is 0. The number of hydrogen-bond acceptors (Lipinski definition) is 1. The lowest BCUT2D eigenvalue weighted by Crippen LogP contribution is -2.43. The van der Waals surface area contributed by atoms with E-state index in [4.69, 9.17) is 0 Å². The maximum atomic E-state index is 14.5. The minimum atomic E-state index is -5.49. The molecule has 1 aliphatic carbocycles. The summed E-state index contributed by atoms with van der Waals surface area (Å²) in [5, 5.41) is 0. The summed E-state index contributed by atoms with van der Waals surface area (Å²) in [4.78, 5) is -0.525. The average Bonchev–Trinajstić information content (AvgIpc) is 3.08. The fourth-order valence-corrected chi connectivity index (χ4v) is 4.50. The van der Waals surface area contributed by atoms with Crippen LogP contribution in [-0.4, -0.2) is 5.92 Å². The molecule has 0 unspecified atom stereocenters. The first kappa shape index (κ1) is 17.1. The molecule has 0 saturated carbocycles. The number of thiophene rings is 1. The molecule has 0 N–H and O–H groups in total. The predicted octanol–water partition coefficient (Wildman–Crippen LogP) is 6.91. The van der Waals surface area contributed by atoms with E-state index in [1.165, 1.54) is 48.5 Å². The smallest absolute Gasteiger partial charge is 0.194 e. The maximum absolute atomic E-state index is 14.5. The van der Waals surface area contributed by atoms with Gasteiger partial charge < -0.3 is 0 Å². The topological polar surface area (TPSA) is 0 Å². The van der Waals surface area contributed by atoms with Crippen LogP contribution < -0.4 is 0 Å². The molecule has 0 atom stereocenters. The van der Waals surface area contributed by atoms with Crippen molar-refractivity contribution in [2.45, 2.75) is 17.8 Å². The molecule has 0 bridgehead atoms. The van der Waals surface area contributed by atoms with Gasteiger partial charge in [-0.3, -0.25) is 0 Å². The standard InChI is InChI=1S/C19H10F6S/c20-17(21)13-14(18(22,23)19(17,24)25)16(12-9-5-2-6-10-12)26-15(13)11-7-3-1-4-8-11/h1-10H. The molecule has 7 heteroatoms. The molecule has 0 amide bonds. The second-order valence-corrected chi connectivity index (χ2v) is 6.99. The molecule has 0 spiro atoms. The quantitative estimate of drug-likeness (QED) is 0.421. The van der Waals surface area contributed by atoms with Gasteiger partial charge in [0.05, 0.1) is 11.1 Å². The highest BCUT2D eigenvalue weighted by Crippen LogP contribution is 2.68. The zero-order valence-corrected chi connectivity index (χ0v) is 13.8. The monoisotopic (exact) mass is 384 g/mol. The molecule has 4 rings (SSSR count). The second-order valence-electron chi connectivity index (χ2n) is 5.97. The normalized spacial score (nSPS) is 19.3. The summed E-state index contributed by atoms with van der Waals surface area (Å²) < 4.78 is 85.9. The molecule has 0 nitrogen and oxygen atoms in total. The van der Waals surface area contributed by atoms with Crippen molar-refractivity contribution in [2.75, 3.05) is 0 Å². The number of hydrogen-bond donors (Lipinski definition) is 0. The number of rotatable bonds is 2. The lowest BCUT2D eigenvalue weighted by molar-refractivity contribution is -0.302. The van der Waals surface area contributed by atoms with E-state index in [-0.39, 0.29) is 20.9 Å². The number of fused-ring (bicyclic) bond motifs is 1. The molecular formula is C19H10F6S. The first-order chi connectivity index (χ1) is 12.2. The Labute approximate surface area is 148 Å². The van der Waals surface area contributed by atoms with Crippen LogP contribution in [0.15, 0.2) is 60.7 Å². The highest BCUT2D eigenvalue weighted by atomic mass is 32.1. The van der Waals surface area contributed by atoms with E-state index in [2.05, 4.69) is 0 Å². The summed E-state index contributed by atoms with van der Waals surface area (Å²) in [6, 6.07) is 15.1. The molecule has 1 heterocycles. The average molecular weight is 384 g/mol. The van der Waals surface area contributed by atoms with Crippen LogP contribution in [0, 0.1) is 0 Å². The van der Waals surface area contributed by atoms with Gasteiger partial charge in [-0.15, -0.1) is 11.3 Å². The SMILES string of the molecule is FC1(F)c2c(-c3ccccc3)sc(-c3ccccc3)c2C(F)(F)C1(F)F. The molecule has 0 radical (unpaired) electrons. The second kappa shape index (κ2) is 5.36. The van der Waals surface area contributed by atoms with Gasteiger partial charge >= 0.3 is 17.8 Å². The predicted molar refractivity (Wildman–Crippen MR) is 87.9 cm³/mol. The van der Waals surface area contributed by atoms with Crippen LogP contribution >= 0.6 is 11.3 Å². The number of halogens is 6. The minimum absolute atomic E-state index is 0.198. The number of alkyl halides is 6. The third kappa shape index (κ3) is 2.03. The fourth-order valence-electron chi connectivity index (χ4n) is 3.13. The highest BCUT2D eigenvalue weighted by Gasteiger charge is 2.80. The van der Waals surface area contributed by atoms with Crippen molar-refractivity contribution in [1.82, 2.24) is 0 Å². The third-order valence-corrected chi connectivity index (χ3v) is 5.68. The Balaban J connectivity index is 2.11. The fraction of sp³-hybridized carbons (Fsp3) is 0.158. The van der Waals surface area contributed by atoms with E-state index in [9.17, 15) is 26.3 Å². The molecule has 0 aliphatic heterocycles. The maximum Gasteiger partial charge on any atom is 0.380 e. The Bertz CT molecular complexity index is 884. The van der Waals surface area contributed by atoms with E-state index in [0.717, 1.165) is 0 Å². The van der Waals surface area contributed by atoms with Crippen molar-refractivity contribution in [3.8, 4) is 20.9 Å². The van der Waals surface area contributed by atoms with Crippen molar-refractivity contribution >= 4 is 11.3 Å². The Kier molecular flexibility index (Phi) is 3.54. The summed E-state index contributed by atoms with van der Waals surface area (Å²) in [5.41, 5.74) is -2.15. The van der Waals surface area contributed by atoms with E-state index < -0.39 is 28.9 Å². The van der Waals surface area contributed by atoms with Crippen molar-refractivity contribution < 1.29 is 26.3 Å². The summed E-state index contributed by atoms with van der Waals surface area (Å²) in [5.74, 6) is -15.4. The first-order valence-electron chi connectivity index (χ1n) is 7.61. The lowest BCUT2D eigenvalue weighted by atomic mass is 10.0. The van der Waals surface area contributed by atoms with Crippen molar-refractivity contribution in [3.05, 3.63) is 71.8 Å². The molecule has 1 aromatic heterocycles. The first-order valence-corrected chi connectivity index (χ1v) is 8.43. The van der Waals surface area contributed by atoms with E-state index in [1.54, 1.807) is 12.1 Å². The lowest BCUT2D eigenvalue weighted by Gasteiger charge is -2.25. The van der Waals surface area contributed by atoms with Crippen molar-refractivity contribution in [3.63, 3.8) is 0 Å². The van der Waals surface area contributed by atoms with Gasteiger partial charge in [-0.2, -0.15) is 26.3 Å². The Hall–Kier alpha value is -2.28. The van der Waals surface area contributed by atoms with E-state index in [0.29, 0.717) is 11.3 Å². The Morgan fingerprint density at radius 1 is 0.538 bits per heavy atom. The van der Waals surface area contributed by atoms with Gasteiger partial charge in [0.25, 0.3) is 0 Å². The molecule has 3 aromatic rings. The van der Waals surface area contributed by atoms with Crippen LogP contribution in [0.2, 0.25) is 0 Å². The van der Waals surface area contributed by atoms with Gasteiger partial charge in [-0.25, -0.2) is 0 Å². The van der Waals surface area contributed by atoms with Crippen LogP contribution in [0.5, 0.6) is 0 Å². The highest BCUT2D eigenvalue weighted by molar-refractivity contribution is 7.19. The molecule has 134 valence electrons. The molecule has 2 aromatic carbocycles. The Morgan fingerprint density at radius 2 is 0.885 bits per heavy atom. The van der Waals surface area contributed by atoms with Gasteiger partial charge in [0.1, 0.15) is 0 Å². The van der Waals surface area contributed by atoms with Gasteiger partial charge in [0.15, 0.2) is 0 Å². The third-order valence-electron chi connectivity index (χ3n) is 4.40.